The van der Waals surface area contributed by atoms with E-state index in [2.05, 4.69) is 0 Å². The minimum atomic E-state index is -0.389. The van der Waals surface area contributed by atoms with Gasteiger partial charge in [-0.3, -0.25) is 0 Å². The van der Waals surface area contributed by atoms with Crippen LogP contribution in [-0.4, -0.2) is 31.9 Å². The summed E-state index contributed by atoms with van der Waals surface area (Å²) in [6.45, 7) is 1.42. The lowest BCUT2D eigenvalue weighted by atomic mass is 10.00. The lowest BCUT2D eigenvalue weighted by molar-refractivity contribution is -0.101. The lowest BCUT2D eigenvalue weighted by Crippen LogP contribution is -2.38. The van der Waals surface area contributed by atoms with Crippen molar-refractivity contribution in [3.05, 3.63) is 11.8 Å². The van der Waals surface area contributed by atoms with Crippen molar-refractivity contribution in [1.82, 2.24) is 0 Å². The van der Waals surface area contributed by atoms with Crippen molar-refractivity contribution in [3.63, 3.8) is 0 Å². The van der Waals surface area contributed by atoms with Crippen molar-refractivity contribution in [1.29, 1.82) is 0 Å². The summed E-state index contributed by atoms with van der Waals surface area (Å²) >= 11 is 0. The highest BCUT2D eigenvalue weighted by Gasteiger charge is 2.57. The molecule has 11 heavy (non-hydrogen) atoms. The average molecular weight is 156 g/mol. The maximum absolute atomic E-state index is 5.45. The molecule has 0 saturated carbocycles. The van der Waals surface area contributed by atoms with Gasteiger partial charge in [-0.25, -0.2) is 0 Å². The van der Waals surface area contributed by atoms with Crippen LogP contribution in [0.15, 0.2) is 11.8 Å². The molecule has 3 aliphatic heterocycles. The van der Waals surface area contributed by atoms with Crippen LogP contribution in [0.2, 0.25) is 0 Å². The Bertz CT molecular complexity index is 224. The van der Waals surface area contributed by atoms with Crippen molar-refractivity contribution in [3.8, 4) is 0 Å². The molecule has 1 spiro atoms. The minimum absolute atomic E-state index is 0.240. The Morgan fingerprint density at radius 3 is 3.45 bits per heavy atom. The molecule has 0 aliphatic carbocycles. The third-order valence-electron chi connectivity index (χ3n) is 2.37. The molecule has 2 saturated heterocycles. The second-order valence-corrected chi connectivity index (χ2v) is 2.92. The van der Waals surface area contributed by atoms with Crippen LogP contribution in [0, 0.1) is 0 Å². The van der Waals surface area contributed by atoms with E-state index in [1.54, 1.807) is 6.26 Å². The molecule has 0 bridgehead atoms. The highest BCUT2D eigenvalue weighted by Crippen LogP contribution is 2.42. The van der Waals surface area contributed by atoms with Gasteiger partial charge in [0, 0.05) is 5.57 Å². The van der Waals surface area contributed by atoms with E-state index in [0.29, 0.717) is 20.0 Å². The Hall–Kier alpha value is -0.580. The number of ether oxygens (including phenoxy) is 4. The van der Waals surface area contributed by atoms with Gasteiger partial charge in [-0.2, -0.15) is 0 Å². The molecule has 2 unspecified atom stereocenters. The zero-order chi connectivity index (χ0) is 7.31. The van der Waals surface area contributed by atoms with Crippen molar-refractivity contribution >= 4 is 0 Å². The summed E-state index contributed by atoms with van der Waals surface area (Å²) in [5.74, 6) is 0. The molecule has 2 atom stereocenters. The van der Waals surface area contributed by atoms with Crippen molar-refractivity contribution in [2.75, 3.05) is 20.0 Å². The zero-order valence-corrected chi connectivity index (χ0v) is 5.91. The number of rotatable bonds is 0. The summed E-state index contributed by atoms with van der Waals surface area (Å²) < 4.78 is 21.2. The van der Waals surface area contributed by atoms with Crippen LogP contribution < -0.4 is 0 Å². The molecule has 4 nitrogen and oxygen atoms in total. The fourth-order valence-corrected chi connectivity index (χ4v) is 1.72. The third kappa shape index (κ3) is 0.560. The van der Waals surface area contributed by atoms with E-state index in [1.165, 1.54) is 0 Å². The molecule has 0 N–H and O–H groups in total. The second kappa shape index (κ2) is 1.77. The highest BCUT2D eigenvalue weighted by molar-refractivity contribution is 5.26. The molecular formula is C7H8O4. The van der Waals surface area contributed by atoms with E-state index in [0.717, 1.165) is 5.57 Å². The largest absolute Gasteiger partial charge is 0.497 e. The average Bonchev–Trinajstić information content (AvgIpc) is 2.55. The molecule has 0 amide bonds. The first-order valence-electron chi connectivity index (χ1n) is 3.60. The molecule has 0 aromatic carbocycles. The van der Waals surface area contributed by atoms with Gasteiger partial charge in [-0.05, 0) is 0 Å². The Morgan fingerprint density at radius 1 is 1.45 bits per heavy atom. The van der Waals surface area contributed by atoms with Gasteiger partial charge >= 0.3 is 0 Å². The van der Waals surface area contributed by atoms with E-state index in [9.17, 15) is 0 Å². The monoisotopic (exact) mass is 156 g/mol. The van der Waals surface area contributed by atoms with Gasteiger partial charge in [0.2, 0.25) is 0 Å². The van der Waals surface area contributed by atoms with Crippen LogP contribution in [0.5, 0.6) is 0 Å². The molecule has 3 rings (SSSR count). The van der Waals surface area contributed by atoms with Gasteiger partial charge in [0.15, 0.2) is 18.7 Å². The van der Waals surface area contributed by atoms with Crippen molar-refractivity contribution < 1.29 is 18.9 Å². The molecule has 3 aliphatic rings. The van der Waals surface area contributed by atoms with Gasteiger partial charge in [0.25, 0.3) is 0 Å². The van der Waals surface area contributed by atoms with Gasteiger partial charge in [-0.1, -0.05) is 0 Å². The van der Waals surface area contributed by atoms with E-state index < -0.39 is 0 Å². The van der Waals surface area contributed by atoms with Crippen LogP contribution in [0.3, 0.4) is 0 Å². The standard InChI is InChI=1S/C7H8O4/c1-5-2-9-6-7(5,3-8-1)11-4-10-6/h1,6H,2-4H2. The fraction of sp³-hybridized carbons (Fsp3) is 0.714. The SMILES string of the molecule is C1=C2COC3OCOC23CO1. The summed E-state index contributed by atoms with van der Waals surface area (Å²) in [6, 6.07) is 0. The minimum Gasteiger partial charge on any atom is -0.497 e. The van der Waals surface area contributed by atoms with Crippen molar-refractivity contribution in [2.24, 2.45) is 0 Å². The van der Waals surface area contributed by atoms with Crippen molar-refractivity contribution in [2.45, 2.75) is 11.9 Å². The summed E-state index contributed by atoms with van der Waals surface area (Å²) in [6.07, 6.45) is 1.48. The normalized spacial score (nSPS) is 46.5. The maximum atomic E-state index is 5.45. The first-order chi connectivity index (χ1) is 5.42. The van der Waals surface area contributed by atoms with E-state index in [-0.39, 0.29) is 11.9 Å². The van der Waals surface area contributed by atoms with Crippen LogP contribution in [0.1, 0.15) is 0 Å². The Labute approximate surface area is 63.7 Å². The van der Waals surface area contributed by atoms with Gasteiger partial charge in [0.05, 0.1) is 12.9 Å². The van der Waals surface area contributed by atoms with Crippen LogP contribution in [-0.2, 0) is 18.9 Å². The Balaban J connectivity index is 2.06. The molecule has 2 fully saturated rings. The molecule has 0 aromatic rings. The summed E-state index contributed by atoms with van der Waals surface area (Å²) in [7, 11) is 0. The smallest absolute Gasteiger partial charge is 0.197 e. The highest BCUT2D eigenvalue weighted by atomic mass is 16.8. The Kier molecular flexibility index (Phi) is 0.965. The summed E-state index contributed by atoms with van der Waals surface area (Å²) in [4.78, 5) is 0. The molecular weight excluding hydrogens is 148 g/mol. The van der Waals surface area contributed by atoms with Gasteiger partial charge in [-0.15, -0.1) is 0 Å². The molecule has 4 heteroatoms. The van der Waals surface area contributed by atoms with Crippen LogP contribution in [0.4, 0.5) is 0 Å². The Morgan fingerprint density at radius 2 is 2.45 bits per heavy atom. The maximum Gasteiger partial charge on any atom is 0.197 e. The van der Waals surface area contributed by atoms with E-state index in [1.807, 2.05) is 0 Å². The zero-order valence-electron chi connectivity index (χ0n) is 5.91. The molecule has 0 radical (unpaired) electrons. The molecule has 3 heterocycles. The van der Waals surface area contributed by atoms with Crippen LogP contribution in [0.25, 0.3) is 0 Å². The lowest BCUT2D eigenvalue weighted by Gasteiger charge is -2.18. The summed E-state index contributed by atoms with van der Waals surface area (Å²) in [5.41, 5.74) is 0.681. The van der Waals surface area contributed by atoms with Gasteiger partial charge in [0.1, 0.15) is 6.61 Å². The van der Waals surface area contributed by atoms with Crippen LogP contribution >= 0.6 is 0 Å². The predicted molar refractivity (Wildman–Crippen MR) is 33.5 cm³/mol. The number of hydrogen-bond donors (Lipinski definition) is 0. The van der Waals surface area contributed by atoms with Gasteiger partial charge < -0.3 is 18.9 Å². The first-order valence-corrected chi connectivity index (χ1v) is 3.60. The number of hydrogen-bond acceptors (Lipinski definition) is 4. The van der Waals surface area contributed by atoms with E-state index in [4.69, 9.17) is 18.9 Å². The fourth-order valence-electron chi connectivity index (χ4n) is 1.72. The molecule has 60 valence electrons. The van der Waals surface area contributed by atoms with E-state index >= 15 is 0 Å². The first kappa shape index (κ1) is 5.99. The predicted octanol–water partition coefficient (Wildman–Crippen LogP) is -0.0001000. The quantitative estimate of drug-likeness (QED) is 0.494. The summed E-state index contributed by atoms with van der Waals surface area (Å²) in [5, 5.41) is 0. The topological polar surface area (TPSA) is 36.9 Å². The second-order valence-electron chi connectivity index (χ2n) is 2.92. The molecule has 0 aromatic heterocycles. The third-order valence-corrected chi connectivity index (χ3v) is 2.37.